The van der Waals surface area contributed by atoms with E-state index in [0.717, 1.165) is 19.3 Å². The minimum atomic E-state index is 0.234. The lowest BCUT2D eigenvalue weighted by Gasteiger charge is -2.32. The van der Waals surface area contributed by atoms with Gasteiger partial charge >= 0.3 is 0 Å². The van der Waals surface area contributed by atoms with Crippen LogP contribution in [0.5, 0.6) is 0 Å². The summed E-state index contributed by atoms with van der Waals surface area (Å²) in [6.07, 6.45) is 3.53. The van der Waals surface area contributed by atoms with Gasteiger partial charge in [0.25, 0.3) is 0 Å². The molecule has 1 fully saturated rings. The lowest BCUT2D eigenvalue weighted by Crippen LogP contribution is -2.48. The van der Waals surface area contributed by atoms with E-state index in [1.807, 2.05) is 4.90 Å². The van der Waals surface area contributed by atoms with Crippen LogP contribution in [0, 0.1) is 0 Å². The van der Waals surface area contributed by atoms with Crippen molar-refractivity contribution in [2.24, 2.45) is 0 Å². The van der Waals surface area contributed by atoms with E-state index in [0.29, 0.717) is 32.6 Å². The predicted molar refractivity (Wildman–Crippen MR) is 53.7 cm³/mol. The maximum absolute atomic E-state index is 11.6. The van der Waals surface area contributed by atoms with Crippen LogP contribution < -0.4 is 0 Å². The molecule has 1 heterocycles. The number of rotatable bonds is 4. The first-order valence-corrected chi connectivity index (χ1v) is 5.25. The lowest BCUT2D eigenvalue weighted by atomic mass is 10.2. The first-order chi connectivity index (χ1) is 6.77. The SMILES string of the molecule is CCCCC(=O)N1CCN(C=O)CC1. The number of carbonyl (C=O) groups is 2. The number of piperazine rings is 1. The van der Waals surface area contributed by atoms with Gasteiger partial charge < -0.3 is 9.80 Å². The summed E-state index contributed by atoms with van der Waals surface area (Å²) in [5.41, 5.74) is 0. The zero-order valence-electron chi connectivity index (χ0n) is 8.74. The van der Waals surface area contributed by atoms with Crippen LogP contribution >= 0.6 is 0 Å². The Morgan fingerprint density at radius 3 is 2.43 bits per heavy atom. The zero-order valence-corrected chi connectivity index (χ0v) is 8.74. The molecule has 2 amide bonds. The van der Waals surface area contributed by atoms with E-state index >= 15 is 0 Å². The highest BCUT2D eigenvalue weighted by Gasteiger charge is 2.18. The molecule has 1 saturated heterocycles. The van der Waals surface area contributed by atoms with Crippen LogP contribution in [-0.4, -0.2) is 48.3 Å². The monoisotopic (exact) mass is 198 g/mol. The Morgan fingerprint density at radius 1 is 1.29 bits per heavy atom. The van der Waals surface area contributed by atoms with Crippen molar-refractivity contribution in [3.8, 4) is 0 Å². The van der Waals surface area contributed by atoms with Crippen molar-refractivity contribution in [3.05, 3.63) is 0 Å². The smallest absolute Gasteiger partial charge is 0.222 e. The molecule has 0 bridgehead atoms. The Labute approximate surface area is 84.9 Å². The van der Waals surface area contributed by atoms with Crippen LogP contribution in [-0.2, 0) is 9.59 Å². The van der Waals surface area contributed by atoms with Gasteiger partial charge in [-0.15, -0.1) is 0 Å². The first-order valence-electron chi connectivity index (χ1n) is 5.25. The Hall–Kier alpha value is -1.06. The van der Waals surface area contributed by atoms with E-state index in [2.05, 4.69) is 6.92 Å². The molecule has 1 rings (SSSR count). The minimum Gasteiger partial charge on any atom is -0.342 e. The molecule has 0 saturated carbocycles. The molecule has 0 N–H and O–H groups in total. The summed E-state index contributed by atoms with van der Waals surface area (Å²) in [5.74, 6) is 0.234. The summed E-state index contributed by atoms with van der Waals surface area (Å²) < 4.78 is 0. The summed E-state index contributed by atoms with van der Waals surface area (Å²) in [4.78, 5) is 25.6. The molecule has 4 heteroatoms. The van der Waals surface area contributed by atoms with E-state index in [9.17, 15) is 9.59 Å². The van der Waals surface area contributed by atoms with Crippen LogP contribution in [0.2, 0.25) is 0 Å². The number of unbranched alkanes of at least 4 members (excludes halogenated alkanes) is 1. The number of hydrogen-bond acceptors (Lipinski definition) is 2. The number of hydrogen-bond donors (Lipinski definition) is 0. The highest BCUT2D eigenvalue weighted by Crippen LogP contribution is 2.04. The standard InChI is InChI=1S/C10H18N2O2/c1-2-3-4-10(14)12-7-5-11(9-13)6-8-12/h9H,2-8H2,1H3. The largest absolute Gasteiger partial charge is 0.342 e. The van der Waals surface area contributed by atoms with Gasteiger partial charge in [0.2, 0.25) is 12.3 Å². The number of amides is 2. The van der Waals surface area contributed by atoms with E-state index in [-0.39, 0.29) is 5.91 Å². The second-order valence-corrected chi connectivity index (χ2v) is 3.63. The van der Waals surface area contributed by atoms with Gasteiger partial charge in [-0.05, 0) is 6.42 Å². The minimum absolute atomic E-state index is 0.234. The second kappa shape index (κ2) is 5.62. The maximum atomic E-state index is 11.6. The van der Waals surface area contributed by atoms with E-state index in [1.165, 1.54) is 0 Å². The van der Waals surface area contributed by atoms with E-state index in [1.54, 1.807) is 4.90 Å². The van der Waals surface area contributed by atoms with Crippen LogP contribution in [0.4, 0.5) is 0 Å². The van der Waals surface area contributed by atoms with Crippen LogP contribution in [0.3, 0.4) is 0 Å². The zero-order chi connectivity index (χ0) is 10.4. The van der Waals surface area contributed by atoms with Crippen LogP contribution in [0.1, 0.15) is 26.2 Å². The van der Waals surface area contributed by atoms with Crippen molar-refractivity contribution in [3.63, 3.8) is 0 Å². The number of carbonyl (C=O) groups excluding carboxylic acids is 2. The molecule has 0 aromatic carbocycles. The third-order valence-corrected chi connectivity index (χ3v) is 2.56. The molecule has 0 unspecified atom stereocenters. The maximum Gasteiger partial charge on any atom is 0.222 e. The molecule has 0 aromatic heterocycles. The topological polar surface area (TPSA) is 40.6 Å². The lowest BCUT2D eigenvalue weighted by molar-refractivity contribution is -0.135. The van der Waals surface area contributed by atoms with Crippen molar-refractivity contribution in [2.45, 2.75) is 26.2 Å². The first kappa shape index (κ1) is 11.0. The number of nitrogens with zero attached hydrogens (tertiary/aromatic N) is 2. The fourth-order valence-corrected chi connectivity index (χ4v) is 1.56. The molecule has 0 aliphatic carbocycles. The normalized spacial score (nSPS) is 16.9. The molecule has 14 heavy (non-hydrogen) atoms. The summed E-state index contributed by atoms with van der Waals surface area (Å²) in [6.45, 7) is 4.84. The Bertz CT molecular complexity index is 198. The molecule has 0 radical (unpaired) electrons. The van der Waals surface area contributed by atoms with Gasteiger partial charge in [-0.1, -0.05) is 13.3 Å². The van der Waals surface area contributed by atoms with Gasteiger partial charge in [0.15, 0.2) is 0 Å². The predicted octanol–water partition coefficient (Wildman–Crippen LogP) is 0.477. The van der Waals surface area contributed by atoms with Crippen molar-refractivity contribution < 1.29 is 9.59 Å². The third-order valence-electron chi connectivity index (χ3n) is 2.56. The molecular formula is C10H18N2O2. The molecule has 1 aliphatic rings. The quantitative estimate of drug-likeness (QED) is 0.616. The van der Waals surface area contributed by atoms with Gasteiger partial charge in [-0.2, -0.15) is 0 Å². The van der Waals surface area contributed by atoms with Crippen LogP contribution in [0.15, 0.2) is 0 Å². The van der Waals surface area contributed by atoms with Gasteiger partial charge in [0.05, 0.1) is 0 Å². The molecule has 0 aromatic rings. The van der Waals surface area contributed by atoms with Crippen molar-refractivity contribution >= 4 is 12.3 Å². The fourth-order valence-electron chi connectivity index (χ4n) is 1.56. The molecule has 0 atom stereocenters. The highest BCUT2D eigenvalue weighted by molar-refractivity contribution is 5.76. The summed E-state index contributed by atoms with van der Waals surface area (Å²) in [6, 6.07) is 0. The van der Waals surface area contributed by atoms with Crippen molar-refractivity contribution in [2.75, 3.05) is 26.2 Å². The Balaban J connectivity index is 2.26. The van der Waals surface area contributed by atoms with Crippen molar-refractivity contribution in [1.29, 1.82) is 0 Å². The van der Waals surface area contributed by atoms with Gasteiger partial charge in [0, 0.05) is 32.6 Å². The van der Waals surface area contributed by atoms with E-state index in [4.69, 9.17) is 0 Å². The second-order valence-electron chi connectivity index (χ2n) is 3.63. The van der Waals surface area contributed by atoms with E-state index < -0.39 is 0 Å². The summed E-state index contributed by atoms with van der Waals surface area (Å²) in [7, 11) is 0. The van der Waals surface area contributed by atoms with Crippen molar-refractivity contribution in [1.82, 2.24) is 9.80 Å². The molecule has 4 nitrogen and oxygen atoms in total. The average Bonchev–Trinajstić information content (AvgIpc) is 2.26. The molecule has 80 valence electrons. The van der Waals surface area contributed by atoms with Gasteiger partial charge in [0.1, 0.15) is 0 Å². The Morgan fingerprint density at radius 2 is 1.93 bits per heavy atom. The van der Waals surface area contributed by atoms with Gasteiger partial charge in [-0.3, -0.25) is 9.59 Å². The fraction of sp³-hybridized carbons (Fsp3) is 0.800. The molecule has 1 aliphatic heterocycles. The molecule has 0 spiro atoms. The average molecular weight is 198 g/mol. The van der Waals surface area contributed by atoms with Crippen LogP contribution in [0.25, 0.3) is 0 Å². The Kier molecular flexibility index (Phi) is 4.43. The highest BCUT2D eigenvalue weighted by atomic mass is 16.2. The molecular weight excluding hydrogens is 180 g/mol. The van der Waals surface area contributed by atoms with Gasteiger partial charge in [-0.25, -0.2) is 0 Å². The third kappa shape index (κ3) is 3.01. The summed E-state index contributed by atoms with van der Waals surface area (Å²) in [5, 5.41) is 0. The summed E-state index contributed by atoms with van der Waals surface area (Å²) >= 11 is 0.